The Morgan fingerprint density at radius 2 is 2.26 bits per heavy atom. The summed E-state index contributed by atoms with van der Waals surface area (Å²) in [5.74, 6) is 1.52. The molecule has 4 heteroatoms. The zero-order valence-corrected chi connectivity index (χ0v) is 11.6. The standard InChI is InChI=1S/C15H24N2O2/c1-12-6-7-17(9-12)10-14(18)11-19-15-5-3-2-4-13(15)8-16/h2-5,12,14,18H,6-11,16H2,1H3. The van der Waals surface area contributed by atoms with Crippen molar-refractivity contribution in [1.29, 1.82) is 0 Å². The van der Waals surface area contributed by atoms with E-state index in [-0.39, 0.29) is 0 Å². The van der Waals surface area contributed by atoms with Gasteiger partial charge in [-0.1, -0.05) is 25.1 Å². The highest BCUT2D eigenvalue weighted by Crippen LogP contribution is 2.18. The molecule has 1 aromatic rings. The van der Waals surface area contributed by atoms with E-state index in [1.807, 2.05) is 24.3 Å². The molecule has 1 saturated heterocycles. The molecule has 106 valence electrons. The number of aliphatic hydroxyl groups is 1. The average molecular weight is 264 g/mol. The van der Waals surface area contributed by atoms with E-state index in [4.69, 9.17) is 10.5 Å². The molecule has 0 spiro atoms. The number of aliphatic hydroxyl groups excluding tert-OH is 1. The van der Waals surface area contributed by atoms with Crippen molar-refractivity contribution in [3.63, 3.8) is 0 Å². The Morgan fingerprint density at radius 1 is 1.47 bits per heavy atom. The van der Waals surface area contributed by atoms with E-state index in [0.29, 0.717) is 19.7 Å². The molecule has 0 radical (unpaired) electrons. The second kappa shape index (κ2) is 6.89. The molecule has 0 bridgehead atoms. The third kappa shape index (κ3) is 4.20. The first-order valence-electron chi connectivity index (χ1n) is 7.00. The summed E-state index contributed by atoms with van der Waals surface area (Å²) >= 11 is 0. The van der Waals surface area contributed by atoms with Gasteiger partial charge in [0.25, 0.3) is 0 Å². The zero-order chi connectivity index (χ0) is 13.7. The van der Waals surface area contributed by atoms with Crippen molar-refractivity contribution in [2.75, 3.05) is 26.2 Å². The molecule has 1 aliphatic rings. The van der Waals surface area contributed by atoms with Gasteiger partial charge in [-0.25, -0.2) is 0 Å². The summed E-state index contributed by atoms with van der Waals surface area (Å²) in [6, 6.07) is 7.71. The largest absolute Gasteiger partial charge is 0.491 e. The molecule has 1 heterocycles. The third-order valence-electron chi connectivity index (χ3n) is 3.60. The van der Waals surface area contributed by atoms with Crippen LogP contribution in [0.5, 0.6) is 5.75 Å². The number of ether oxygens (including phenoxy) is 1. The van der Waals surface area contributed by atoms with Crippen molar-refractivity contribution in [2.45, 2.75) is 26.0 Å². The lowest BCUT2D eigenvalue weighted by Gasteiger charge is -2.20. The van der Waals surface area contributed by atoms with E-state index in [0.717, 1.165) is 30.3 Å². The number of hydrogen-bond acceptors (Lipinski definition) is 4. The summed E-state index contributed by atoms with van der Waals surface area (Å²) in [5, 5.41) is 10.0. The lowest BCUT2D eigenvalue weighted by molar-refractivity contribution is 0.0745. The predicted molar refractivity (Wildman–Crippen MR) is 76.1 cm³/mol. The van der Waals surface area contributed by atoms with Crippen LogP contribution in [0.3, 0.4) is 0 Å². The minimum absolute atomic E-state index is 0.321. The molecule has 2 rings (SSSR count). The van der Waals surface area contributed by atoms with Crippen molar-refractivity contribution in [1.82, 2.24) is 4.90 Å². The minimum atomic E-state index is -0.448. The van der Waals surface area contributed by atoms with E-state index in [1.54, 1.807) is 0 Å². The van der Waals surface area contributed by atoms with E-state index in [1.165, 1.54) is 6.42 Å². The van der Waals surface area contributed by atoms with Crippen LogP contribution in [0.25, 0.3) is 0 Å². The van der Waals surface area contributed by atoms with E-state index in [2.05, 4.69) is 11.8 Å². The molecule has 0 saturated carbocycles. The molecule has 2 unspecified atom stereocenters. The second-order valence-electron chi connectivity index (χ2n) is 5.43. The van der Waals surface area contributed by atoms with Gasteiger partial charge in [0.05, 0.1) is 0 Å². The van der Waals surface area contributed by atoms with Gasteiger partial charge < -0.3 is 20.5 Å². The minimum Gasteiger partial charge on any atom is -0.491 e. The van der Waals surface area contributed by atoms with Gasteiger partial charge in [0.15, 0.2) is 0 Å². The van der Waals surface area contributed by atoms with Crippen LogP contribution >= 0.6 is 0 Å². The fraction of sp³-hybridized carbons (Fsp3) is 0.600. The van der Waals surface area contributed by atoms with Crippen molar-refractivity contribution >= 4 is 0 Å². The summed E-state index contributed by atoms with van der Waals surface area (Å²) < 4.78 is 5.67. The maximum Gasteiger partial charge on any atom is 0.123 e. The molecule has 4 nitrogen and oxygen atoms in total. The van der Waals surface area contributed by atoms with Gasteiger partial charge in [-0.2, -0.15) is 0 Å². The van der Waals surface area contributed by atoms with Crippen LogP contribution in [-0.4, -0.2) is 42.4 Å². The number of nitrogens with zero attached hydrogens (tertiary/aromatic N) is 1. The van der Waals surface area contributed by atoms with Gasteiger partial charge in [0.1, 0.15) is 18.5 Å². The molecule has 0 aromatic heterocycles. The Hall–Kier alpha value is -1.10. The van der Waals surface area contributed by atoms with Crippen molar-refractivity contribution in [2.24, 2.45) is 11.7 Å². The number of likely N-dealkylation sites (tertiary alicyclic amines) is 1. The summed E-state index contributed by atoms with van der Waals surface area (Å²) in [7, 11) is 0. The fourth-order valence-corrected chi connectivity index (χ4v) is 2.54. The zero-order valence-electron chi connectivity index (χ0n) is 11.6. The van der Waals surface area contributed by atoms with Crippen LogP contribution < -0.4 is 10.5 Å². The van der Waals surface area contributed by atoms with Crippen LogP contribution in [0.15, 0.2) is 24.3 Å². The first-order chi connectivity index (χ1) is 9.19. The summed E-state index contributed by atoms with van der Waals surface area (Å²) in [4.78, 5) is 2.30. The molecule has 3 N–H and O–H groups in total. The Morgan fingerprint density at radius 3 is 2.95 bits per heavy atom. The topological polar surface area (TPSA) is 58.7 Å². The van der Waals surface area contributed by atoms with Crippen LogP contribution in [0.2, 0.25) is 0 Å². The number of benzene rings is 1. The lowest BCUT2D eigenvalue weighted by Crippen LogP contribution is -2.34. The van der Waals surface area contributed by atoms with Crippen molar-refractivity contribution in [3.8, 4) is 5.75 Å². The van der Waals surface area contributed by atoms with Crippen molar-refractivity contribution in [3.05, 3.63) is 29.8 Å². The smallest absolute Gasteiger partial charge is 0.123 e. The molecule has 0 aliphatic carbocycles. The normalized spacial score (nSPS) is 21.5. The molecule has 1 aromatic carbocycles. The number of β-amino-alcohol motifs (C(OH)–C–C–N with tert-alkyl or cyclic N) is 1. The second-order valence-corrected chi connectivity index (χ2v) is 5.43. The highest BCUT2D eigenvalue weighted by atomic mass is 16.5. The van der Waals surface area contributed by atoms with Gasteiger partial charge >= 0.3 is 0 Å². The van der Waals surface area contributed by atoms with E-state index >= 15 is 0 Å². The van der Waals surface area contributed by atoms with E-state index in [9.17, 15) is 5.11 Å². The van der Waals surface area contributed by atoms with E-state index < -0.39 is 6.10 Å². The van der Waals surface area contributed by atoms with Crippen molar-refractivity contribution < 1.29 is 9.84 Å². The first-order valence-corrected chi connectivity index (χ1v) is 7.00. The third-order valence-corrected chi connectivity index (χ3v) is 3.60. The number of hydrogen-bond donors (Lipinski definition) is 2. The van der Waals surface area contributed by atoms with Crippen LogP contribution in [0, 0.1) is 5.92 Å². The van der Waals surface area contributed by atoms with Crippen LogP contribution in [0.1, 0.15) is 18.9 Å². The fourth-order valence-electron chi connectivity index (χ4n) is 2.54. The number of rotatable bonds is 6. The average Bonchev–Trinajstić information content (AvgIpc) is 2.82. The SMILES string of the molecule is CC1CCN(CC(O)COc2ccccc2CN)C1. The first kappa shape index (κ1) is 14.3. The molecular weight excluding hydrogens is 240 g/mol. The van der Waals surface area contributed by atoms with Gasteiger partial charge in [0, 0.05) is 25.2 Å². The summed E-state index contributed by atoms with van der Waals surface area (Å²) in [6.45, 7) is 5.88. The molecule has 2 atom stereocenters. The Bertz CT molecular complexity index is 397. The summed E-state index contributed by atoms with van der Waals surface area (Å²) in [6.07, 6.45) is 0.778. The molecule has 1 aliphatic heterocycles. The number of nitrogens with two attached hydrogens (primary N) is 1. The highest BCUT2D eigenvalue weighted by molar-refractivity contribution is 5.32. The lowest BCUT2D eigenvalue weighted by atomic mass is 10.2. The van der Waals surface area contributed by atoms with Gasteiger partial charge in [-0.05, 0) is 24.9 Å². The quantitative estimate of drug-likeness (QED) is 0.811. The van der Waals surface area contributed by atoms with Crippen LogP contribution in [0.4, 0.5) is 0 Å². The number of para-hydroxylation sites is 1. The molecule has 0 amide bonds. The monoisotopic (exact) mass is 264 g/mol. The maximum atomic E-state index is 10.0. The Labute approximate surface area is 115 Å². The molecular formula is C15H24N2O2. The van der Waals surface area contributed by atoms with Gasteiger partial charge in [0.2, 0.25) is 0 Å². The highest BCUT2D eigenvalue weighted by Gasteiger charge is 2.21. The maximum absolute atomic E-state index is 10.0. The Balaban J connectivity index is 1.78. The van der Waals surface area contributed by atoms with Gasteiger partial charge in [-0.15, -0.1) is 0 Å². The van der Waals surface area contributed by atoms with Gasteiger partial charge in [-0.3, -0.25) is 0 Å². The Kier molecular flexibility index (Phi) is 5.19. The summed E-state index contributed by atoms with van der Waals surface area (Å²) in [5.41, 5.74) is 6.63. The molecule has 19 heavy (non-hydrogen) atoms. The van der Waals surface area contributed by atoms with Crippen LogP contribution in [-0.2, 0) is 6.54 Å². The predicted octanol–water partition coefficient (Wildman–Crippen LogP) is 1.23. The molecule has 1 fully saturated rings.